The third kappa shape index (κ3) is 3.56. The number of ether oxygens (including phenoxy) is 1. The van der Waals surface area contributed by atoms with Gasteiger partial charge in [0, 0.05) is 11.6 Å². The van der Waals surface area contributed by atoms with Crippen LogP contribution >= 0.6 is 27.5 Å². The zero-order valence-electron chi connectivity index (χ0n) is 8.91. The number of hydrogen-bond acceptors (Lipinski definition) is 4. The van der Waals surface area contributed by atoms with Gasteiger partial charge in [-0.3, -0.25) is 0 Å². The second-order valence-corrected chi connectivity index (χ2v) is 6.07. The highest BCUT2D eigenvalue weighted by Crippen LogP contribution is 2.35. The molecule has 0 saturated heterocycles. The van der Waals surface area contributed by atoms with Gasteiger partial charge in [0.15, 0.2) is 5.75 Å². The second kappa shape index (κ2) is 6.01. The van der Waals surface area contributed by atoms with E-state index >= 15 is 0 Å². The molecular weight excluding hydrogens is 334 g/mol. The fraction of sp³-hybridized carbons (Fsp3) is 0.333. The van der Waals surface area contributed by atoms with Crippen LogP contribution in [-0.4, -0.2) is 33.8 Å². The van der Waals surface area contributed by atoms with Crippen molar-refractivity contribution in [2.24, 2.45) is 0 Å². The van der Waals surface area contributed by atoms with E-state index < -0.39 is 10.0 Å². The number of nitrogens with one attached hydrogen (secondary N) is 1. The molecule has 8 heteroatoms. The Kier molecular flexibility index (Phi) is 5.21. The molecule has 0 aromatic heterocycles. The molecule has 5 nitrogen and oxygen atoms in total. The highest BCUT2D eigenvalue weighted by atomic mass is 79.9. The molecule has 17 heavy (non-hydrogen) atoms. The molecule has 0 unspecified atom stereocenters. The summed E-state index contributed by atoms with van der Waals surface area (Å²) >= 11 is 8.96. The Morgan fingerprint density at radius 3 is 2.71 bits per heavy atom. The van der Waals surface area contributed by atoms with Gasteiger partial charge in [-0.2, -0.15) is 0 Å². The van der Waals surface area contributed by atoms with Crippen molar-refractivity contribution in [3.05, 3.63) is 21.6 Å². The zero-order valence-corrected chi connectivity index (χ0v) is 12.1. The fourth-order valence-electron chi connectivity index (χ4n) is 1.19. The summed E-state index contributed by atoms with van der Waals surface area (Å²) in [6.45, 7) is -0.362. The molecule has 0 amide bonds. The van der Waals surface area contributed by atoms with E-state index in [1.807, 2.05) is 0 Å². The van der Waals surface area contributed by atoms with Gasteiger partial charge >= 0.3 is 0 Å². The lowest BCUT2D eigenvalue weighted by Crippen LogP contribution is -2.27. The highest BCUT2D eigenvalue weighted by molar-refractivity contribution is 9.10. The van der Waals surface area contributed by atoms with Crippen LogP contribution in [0.1, 0.15) is 0 Å². The molecular formula is C9H11BrClNO4S. The summed E-state index contributed by atoms with van der Waals surface area (Å²) in [4.78, 5) is -0.0761. The normalized spacial score (nSPS) is 11.5. The molecule has 0 saturated carbocycles. The number of aliphatic hydroxyl groups is 1. The van der Waals surface area contributed by atoms with Gasteiger partial charge in [0.2, 0.25) is 10.0 Å². The summed E-state index contributed by atoms with van der Waals surface area (Å²) in [6.07, 6.45) is 0. The Morgan fingerprint density at radius 2 is 2.18 bits per heavy atom. The van der Waals surface area contributed by atoms with Gasteiger partial charge in [-0.15, -0.1) is 0 Å². The van der Waals surface area contributed by atoms with Crippen LogP contribution in [0.15, 0.2) is 21.5 Å². The maximum absolute atomic E-state index is 11.9. The van der Waals surface area contributed by atoms with Crippen LogP contribution in [0.5, 0.6) is 5.75 Å². The standard InChI is InChI=1S/C9H11BrClNO4S/c1-16-9-7(10)4-6(11)5-8(9)17(14,15)12-2-3-13/h4-5,12-13H,2-3H2,1H3. The Balaban J connectivity index is 3.29. The van der Waals surface area contributed by atoms with E-state index in [9.17, 15) is 8.42 Å². The molecule has 1 aromatic rings. The predicted molar refractivity (Wildman–Crippen MR) is 68.0 cm³/mol. The minimum atomic E-state index is -3.76. The third-order valence-corrected chi connectivity index (χ3v) is 4.15. The molecule has 0 aliphatic rings. The average molecular weight is 345 g/mol. The van der Waals surface area contributed by atoms with Crippen molar-refractivity contribution in [3.63, 3.8) is 0 Å². The van der Waals surface area contributed by atoms with Gasteiger partial charge in [-0.25, -0.2) is 13.1 Å². The Morgan fingerprint density at radius 1 is 1.53 bits per heavy atom. The number of rotatable bonds is 5. The predicted octanol–water partition coefficient (Wildman–Crippen LogP) is 1.38. The third-order valence-electron chi connectivity index (χ3n) is 1.87. The molecule has 0 heterocycles. The molecule has 0 fully saturated rings. The fourth-order valence-corrected chi connectivity index (χ4v) is 3.60. The first-order valence-corrected chi connectivity index (χ1v) is 7.21. The summed E-state index contributed by atoms with van der Waals surface area (Å²) in [5, 5.41) is 8.88. The van der Waals surface area contributed by atoms with Crippen molar-refractivity contribution in [1.82, 2.24) is 4.72 Å². The van der Waals surface area contributed by atoms with Crippen molar-refractivity contribution < 1.29 is 18.3 Å². The first-order valence-electron chi connectivity index (χ1n) is 4.56. The summed E-state index contributed by atoms with van der Waals surface area (Å²) in [6, 6.07) is 2.82. The molecule has 0 aliphatic carbocycles. The van der Waals surface area contributed by atoms with Crippen molar-refractivity contribution in [3.8, 4) is 5.75 Å². The molecule has 2 N–H and O–H groups in total. The Bertz CT molecular complexity index is 506. The topological polar surface area (TPSA) is 75.6 Å². The summed E-state index contributed by atoms with van der Waals surface area (Å²) in [7, 11) is -2.40. The quantitative estimate of drug-likeness (QED) is 0.846. The van der Waals surface area contributed by atoms with E-state index in [-0.39, 0.29) is 28.8 Å². The van der Waals surface area contributed by atoms with E-state index in [2.05, 4.69) is 20.7 Å². The van der Waals surface area contributed by atoms with Gasteiger partial charge in [0.05, 0.1) is 18.2 Å². The van der Waals surface area contributed by atoms with Crippen LogP contribution < -0.4 is 9.46 Å². The largest absolute Gasteiger partial charge is 0.494 e. The maximum Gasteiger partial charge on any atom is 0.244 e. The van der Waals surface area contributed by atoms with Crippen molar-refractivity contribution in [2.45, 2.75) is 4.90 Å². The van der Waals surface area contributed by atoms with E-state index in [0.717, 1.165) is 0 Å². The van der Waals surface area contributed by atoms with Gasteiger partial charge in [0.1, 0.15) is 4.90 Å². The first-order chi connectivity index (χ1) is 7.92. The van der Waals surface area contributed by atoms with Crippen LogP contribution in [0, 0.1) is 0 Å². The molecule has 0 atom stereocenters. The molecule has 1 rings (SSSR count). The van der Waals surface area contributed by atoms with E-state index in [0.29, 0.717) is 4.47 Å². The van der Waals surface area contributed by atoms with Crippen LogP contribution in [-0.2, 0) is 10.0 Å². The summed E-state index contributed by atoms with van der Waals surface area (Å²) < 4.78 is 31.5. The summed E-state index contributed by atoms with van der Waals surface area (Å²) in [5.41, 5.74) is 0. The average Bonchev–Trinajstić information content (AvgIpc) is 2.25. The van der Waals surface area contributed by atoms with Gasteiger partial charge < -0.3 is 9.84 Å². The van der Waals surface area contributed by atoms with Gasteiger partial charge in [-0.05, 0) is 28.1 Å². The maximum atomic E-state index is 11.9. The number of benzene rings is 1. The van der Waals surface area contributed by atoms with E-state index in [4.69, 9.17) is 21.4 Å². The molecule has 96 valence electrons. The number of methoxy groups -OCH3 is 1. The molecule has 0 bridgehead atoms. The van der Waals surface area contributed by atoms with Crippen LogP contribution in [0.25, 0.3) is 0 Å². The van der Waals surface area contributed by atoms with Gasteiger partial charge in [-0.1, -0.05) is 11.6 Å². The van der Waals surface area contributed by atoms with Crippen LogP contribution in [0.3, 0.4) is 0 Å². The molecule has 0 radical (unpaired) electrons. The monoisotopic (exact) mass is 343 g/mol. The minimum Gasteiger partial charge on any atom is -0.494 e. The molecule has 1 aromatic carbocycles. The zero-order chi connectivity index (χ0) is 13.1. The number of sulfonamides is 1. The van der Waals surface area contributed by atoms with Crippen molar-refractivity contribution in [1.29, 1.82) is 0 Å². The smallest absolute Gasteiger partial charge is 0.244 e. The van der Waals surface area contributed by atoms with Crippen LogP contribution in [0.4, 0.5) is 0 Å². The summed E-state index contributed by atoms with van der Waals surface area (Å²) in [5.74, 6) is 0.167. The Hall–Kier alpha value is -0.340. The number of hydrogen-bond donors (Lipinski definition) is 2. The van der Waals surface area contributed by atoms with Crippen molar-refractivity contribution >= 4 is 37.6 Å². The SMILES string of the molecule is COc1c(Br)cc(Cl)cc1S(=O)(=O)NCCO. The Labute approximate surface area is 113 Å². The van der Waals surface area contributed by atoms with E-state index in [1.165, 1.54) is 19.2 Å². The lowest BCUT2D eigenvalue weighted by molar-refractivity contribution is 0.301. The lowest BCUT2D eigenvalue weighted by atomic mass is 10.3. The highest BCUT2D eigenvalue weighted by Gasteiger charge is 2.21. The molecule has 0 aliphatic heterocycles. The second-order valence-electron chi connectivity index (χ2n) is 3.04. The van der Waals surface area contributed by atoms with Crippen LogP contribution in [0.2, 0.25) is 5.02 Å². The minimum absolute atomic E-state index is 0.0738. The lowest BCUT2D eigenvalue weighted by Gasteiger charge is -2.12. The molecule has 0 spiro atoms. The number of aliphatic hydroxyl groups excluding tert-OH is 1. The van der Waals surface area contributed by atoms with Crippen molar-refractivity contribution in [2.75, 3.05) is 20.3 Å². The van der Waals surface area contributed by atoms with Gasteiger partial charge in [0.25, 0.3) is 0 Å². The van der Waals surface area contributed by atoms with E-state index in [1.54, 1.807) is 0 Å². The first kappa shape index (κ1) is 14.7. The number of halogens is 2.